The number of hydrogen-bond donors (Lipinski definition) is 2. The van der Waals surface area contributed by atoms with Crippen LogP contribution in [0.3, 0.4) is 0 Å². The van der Waals surface area contributed by atoms with Crippen molar-refractivity contribution in [3.8, 4) is 0 Å². The number of aromatic carboxylic acids is 2. The summed E-state index contributed by atoms with van der Waals surface area (Å²) >= 11 is 0. The van der Waals surface area contributed by atoms with Gasteiger partial charge in [-0.05, 0) is 12.1 Å². The highest BCUT2D eigenvalue weighted by atomic mass is 16.4. The van der Waals surface area contributed by atoms with Gasteiger partial charge in [0.2, 0.25) is 11.6 Å². The standard InChI is InChI=1S/C14H6N2O6/c17-11-7-3-5(13(19)20)4-16-9(7)12(18)8-6(14(21)22)1-2-15-10(8)11/h1-4H,(H,19,20)(H,21,22). The van der Waals surface area contributed by atoms with Crippen molar-refractivity contribution < 1.29 is 29.4 Å². The normalized spacial score (nSPS) is 12.5. The molecule has 0 radical (unpaired) electrons. The number of fused-ring (bicyclic) bond motifs is 2. The third-order valence-electron chi connectivity index (χ3n) is 3.22. The second-order valence-corrected chi connectivity index (χ2v) is 4.47. The van der Waals surface area contributed by atoms with Gasteiger partial charge >= 0.3 is 11.9 Å². The lowest BCUT2D eigenvalue weighted by Crippen LogP contribution is -2.26. The van der Waals surface area contributed by atoms with Gasteiger partial charge in [0.15, 0.2) is 0 Å². The first-order valence-electron chi connectivity index (χ1n) is 5.97. The monoisotopic (exact) mass is 298 g/mol. The van der Waals surface area contributed by atoms with Crippen molar-refractivity contribution in [3.63, 3.8) is 0 Å². The molecule has 1 aliphatic rings. The number of carboxylic acid groups (broad SMARTS) is 2. The van der Waals surface area contributed by atoms with Crippen molar-refractivity contribution in [2.24, 2.45) is 0 Å². The molecule has 8 heteroatoms. The highest BCUT2D eigenvalue weighted by Crippen LogP contribution is 2.27. The topological polar surface area (TPSA) is 135 Å². The molecule has 1 aliphatic carbocycles. The van der Waals surface area contributed by atoms with E-state index in [-0.39, 0.29) is 33.6 Å². The van der Waals surface area contributed by atoms with Crippen LogP contribution in [-0.4, -0.2) is 43.7 Å². The molecule has 2 heterocycles. The Hall–Kier alpha value is -3.42. The molecule has 2 aromatic heterocycles. The van der Waals surface area contributed by atoms with Crippen molar-refractivity contribution in [2.45, 2.75) is 0 Å². The Kier molecular flexibility index (Phi) is 2.81. The maximum absolute atomic E-state index is 12.4. The summed E-state index contributed by atoms with van der Waals surface area (Å²) in [5.74, 6) is -4.17. The molecule has 0 aromatic carbocycles. The molecule has 0 spiro atoms. The van der Waals surface area contributed by atoms with Crippen molar-refractivity contribution >= 4 is 23.5 Å². The van der Waals surface area contributed by atoms with Gasteiger partial charge in [0.05, 0.1) is 22.3 Å². The molecule has 0 saturated carbocycles. The fourth-order valence-corrected chi connectivity index (χ4v) is 2.22. The second kappa shape index (κ2) is 4.55. The average Bonchev–Trinajstić information content (AvgIpc) is 2.51. The third kappa shape index (κ3) is 1.78. The summed E-state index contributed by atoms with van der Waals surface area (Å²) in [5.41, 5.74) is -1.73. The van der Waals surface area contributed by atoms with E-state index in [0.717, 1.165) is 24.5 Å². The summed E-state index contributed by atoms with van der Waals surface area (Å²) in [6.45, 7) is 0. The molecular formula is C14H6N2O6. The molecule has 0 amide bonds. The van der Waals surface area contributed by atoms with Crippen LogP contribution in [0.5, 0.6) is 0 Å². The summed E-state index contributed by atoms with van der Waals surface area (Å²) in [6, 6.07) is 2.14. The van der Waals surface area contributed by atoms with Crippen LogP contribution in [0.15, 0.2) is 24.5 Å². The van der Waals surface area contributed by atoms with Gasteiger partial charge in [0.1, 0.15) is 11.4 Å². The number of ketones is 2. The number of aromatic nitrogens is 2. The zero-order valence-corrected chi connectivity index (χ0v) is 10.7. The number of carbonyl (C=O) groups excluding carboxylic acids is 2. The summed E-state index contributed by atoms with van der Waals surface area (Å²) in [4.78, 5) is 54.3. The lowest BCUT2D eigenvalue weighted by atomic mass is 9.87. The Morgan fingerprint density at radius 3 is 2.32 bits per heavy atom. The molecule has 8 nitrogen and oxygen atoms in total. The van der Waals surface area contributed by atoms with E-state index in [9.17, 15) is 19.2 Å². The Bertz CT molecular complexity index is 883. The first-order chi connectivity index (χ1) is 10.4. The van der Waals surface area contributed by atoms with E-state index < -0.39 is 23.5 Å². The third-order valence-corrected chi connectivity index (χ3v) is 3.22. The average molecular weight is 298 g/mol. The number of rotatable bonds is 2. The Morgan fingerprint density at radius 1 is 0.955 bits per heavy atom. The lowest BCUT2D eigenvalue weighted by molar-refractivity contribution is 0.0685. The molecule has 0 atom stereocenters. The van der Waals surface area contributed by atoms with Crippen LogP contribution >= 0.6 is 0 Å². The molecular weight excluding hydrogens is 292 g/mol. The number of carboxylic acids is 2. The lowest BCUT2D eigenvalue weighted by Gasteiger charge is -2.17. The SMILES string of the molecule is O=C(O)c1cnc2c(c1)C(=O)c1nccc(C(=O)O)c1C2=O. The van der Waals surface area contributed by atoms with Gasteiger partial charge in [-0.15, -0.1) is 0 Å². The first kappa shape index (κ1) is 13.6. The molecule has 22 heavy (non-hydrogen) atoms. The van der Waals surface area contributed by atoms with Crippen LogP contribution in [-0.2, 0) is 0 Å². The van der Waals surface area contributed by atoms with E-state index >= 15 is 0 Å². The van der Waals surface area contributed by atoms with Crippen molar-refractivity contribution in [1.82, 2.24) is 9.97 Å². The van der Waals surface area contributed by atoms with Crippen LogP contribution < -0.4 is 0 Å². The Labute approximate surface area is 122 Å². The van der Waals surface area contributed by atoms with Crippen molar-refractivity contribution in [3.05, 3.63) is 58.2 Å². The number of hydrogen-bond acceptors (Lipinski definition) is 6. The predicted octanol–water partition coefficient (Wildman–Crippen LogP) is 0.648. The first-order valence-corrected chi connectivity index (χ1v) is 5.97. The van der Waals surface area contributed by atoms with Gasteiger partial charge in [-0.2, -0.15) is 0 Å². The Morgan fingerprint density at radius 2 is 1.68 bits per heavy atom. The number of pyridine rings is 2. The smallest absolute Gasteiger partial charge is 0.337 e. The highest BCUT2D eigenvalue weighted by molar-refractivity contribution is 6.29. The summed E-state index contributed by atoms with van der Waals surface area (Å²) < 4.78 is 0. The second-order valence-electron chi connectivity index (χ2n) is 4.47. The molecule has 108 valence electrons. The van der Waals surface area contributed by atoms with Gasteiger partial charge in [-0.1, -0.05) is 0 Å². The molecule has 0 fully saturated rings. The number of nitrogens with zero attached hydrogens (tertiary/aromatic N) is 2. The predicted molar refractivity (Wildman–Crippen MR) is 69.3 cm³/mol. The minimum absolute atomic E-state index is 0.201. The zero-order valence-electron chi connectivity index (χ0n) is 10.7. The van der Waals surface area contributed by atoms with Gasteiger partial charge < -0.3 is 10.2 Å². The molecule has 0 bridgehead atoms. The molecule has 2 N–H and O–H groups in total. The van der Waals surface area contributed by atoms with Crippen LogP contribution in [0, 0.1) is 0 Å². The van der Waals surface area contributed by atoms with Crippen LogP contribution in [0.4, 0.5) is 0 Å². The van der Waals surface area contributed by atoms with Gasteiger partial charge in [0, 0.05) is 12.4 Å². The summed E-state index contributed by atoms with van der Waals surface area (Å²) in [7, 11) is 0. The van der Waals surface area contributed by atoms with Crippen LogP contribution in [0.1, 0.15) is 52.8 Å². The highest BCUT2D eigenvalue weighted by Gasteiger charge is 2.36. The van der Waals surface area contributed by atoms with E-state index in [1.54, 1.807) is 0 Å². The van der Waals surface area contributed by atoms with Gasteiger partial charge in [-0.3, -0.25) is 19.6 Å². The number of carbonyl (C=O) groups is 4. The Balaban J connectivity index is 2.30. The van der Waals surface area contributed by atoms with Crippen LogP contribution in [0.25, 0.3) is 0 Å². The van der Waals surface area contributed by atoms with Crippen LogP contribution in [0.2, 0.25) is 0 Å². The summed E-state index contributed by atoms with van der Waals surface area (Å²) in [6.07, 6.45) is 2.04. The van der Waals surface area contributed by atoms with Gasteiger partial charge in [0.25, 0.3) is 0 Å². The fourth-order valence-electron chi connectivity index (χ4n) is 2.22. The quantitative estimate of drug-likeness (QED) is 0.704. The van der Waals surface area contributed by atoms with E-state index in [0.29, 0.717) is 0 Å². The maximum atomic E-state index is 12.4. The van der Waals surface area contributed by atoms with E-state index in [1.807, 2.05) is 0 Å². The fraction of sp³-hybridized carbons (Fsp3) is 0. The van der Waals surface area contributed by atoms with E-state index in [1.165, 1.54) is 0 Å². The van der Waals surface area contributed by atoms with Gasteiger partial charge in [-0.25, -0.2) is 9.59 Å². The summed E-state index contributed by atoms with van der Waals surface area (Å²) in [5, 5.41) is 18.0. The van der Waals surface area contributed by atoms with E-state index in [2.05, 4.69) is 9.97 Å². The van der Waals surface area contributed by atoms with Crippen molar-refractivity contribution in [1.29, 1.82) is 0 Å². The molecule has 0 unspecified atom stereocenters. The molecule has 3 rings (SSSR count). The van der Waals surface area contributed by atoms with Crippen molar-refractivity contribution in [2.75, 3.05) is 0 Å². The molecule has 0 aliphatic heterocycles. The molecule has 2 aromatic rings. The largest absolute Gasteiger partial charge is 0.478 e. The minimum atomic E-state index is -1.37. The molecule has 0 saturated heterocycles. The minimum Gasteiger partial charge on any atom is -0.478 e. The zero-order chi connectivity index (χ0) is 16.0. The van der Waals surface area contributed by atoms with E-state index in [4.69, 9.17) is 10.2 Å². The maximum Gasteiger partial charge on any atom is 0.337 e.